The number of thiophene rings is 1. The highest BCUT2D eigenvalue weighted by atomic mass is 79.9. The first-order chi connectivity index (χ1) is 8.97. The summed E-state index contributed by atoms with van der Waals surface area (Å²) in [5.74, 6) is -0.166. The van der Waals surface area contributed by atoms with Crippen LogP contribution < -0.4 is 5.32 Å². The van der Waals surface area contributed by atoms with Gasteiger partial charge in [0.1, 0.15) is 5.82 Å². The van der Waals surface area contributed by atoms with Crippen molar-refractivity contribution in [3.8, 4) is 0 Å². The van der Waals surface area contributed by atoms with Gasteiger partial charge in [-0.05, 0) is 50.6 Å². The van der Waals surface area contributed by atoms with Gasteiger partial charge in [-0.1, -0.05) is 15.9 Å². The zero-order valence-corrected chi connectivity index (χ0v) is 13.7. The Balaban J connectivity index is 2.06. The summed E-state index contributed by atoms with van der Waals surface area (Å²) in [7, 11) is 0. The Labute approximate surface area is 126 Å². The number of benzene rings is 1. The second kappa shape index (κ2) is 6.16. The molecule has 2 rings (SSSR count). The normalized spacial score (nSPS) is 12.7. The summed E-state index contributed by atoms with van der Waals surface area (Å²) in [5.41, 5.74) is 1.99. The van der Waals surface area contributed by atoms with Crippen molar-refractivity contribution in [1.29, 1.82) is 0 Å². The highest BCUT2D eigenvalue weighted by Crippen LogP contribution is 2.26. The average molecular weight is 342 g/mol. The molecule has 2 aromatic rings. The maximum absolute atomic E-state index is 13.6. The third-order valence-corrected chi connectivity index (χ3v) is 4.63. The van der Waals surface area contributed by atoms with Gasteiger partial charge in [0.05, 0.1) is 0 Å². The third-order valence-electron chi connectivity index (χ3n) is 3.15. The van der Waals surface area contributed by atoms with Crippen LogP contribution in [0.1, 0.15) is 33.8 Å². The minimum Gasteiger partial charge on any atom is -0.306 e. The van der Waals surface area contributed by atoms with Gasteiger partial charge in [0.15, 0.2) is 0 Å². The molecule has 102 valence electrons. The molecule has 1 aromatic heterocycles. The van der Waals surface area contributed by atoms with E-state index in [4.69, 9.17) is 0 Å². The quantitative estimate of drug-likeness (QED) is 0.813. The van der Waals surface area contributed by atoms with Crippen LogP contribution in [0.4, 0.5) is 4.39 Å². The van der Waals surface area contributed by atoms with Crippen molar-refractivity contribution < 1.29 is 4.39 Å². The number of aryl methyl sites for hydroxylation is 2. The standard InChI is InChI=1S/C15H17BrFNS/c1-9-6-14(11(3)19-9)10(2)18-8-12-7-13(16)4-5-15(12)17/h4-7,10,18H,8H2,1-3H3. The smallest absolute Gasteiger partial charge is 0.127 e. The summed E-state index contributed by atoms with van der Waals surface area (Å²) >= 11 is 5.17. The minimum absolute atomic E-state index is 0.166. The molecule has 19 heavy (non-hydrogen) atoms. The van der Waals surface area contributed by atoms with E-state index >= 15 is 0 Å². The van der Waals surface area contributed by atoms with Gasteiger partial charge >= 0.3 is 0 Å². The fourth-order valence-electron chi connectivity index (χ4n) is 2.13. The largest absolute Gasteiger partial charge is 0.306 e. The average Bonchev–Trinajstić information content (AvgIpc) is 2.69. The molecule has 1 aromatic carbocycles. The molecule has 1 unspecified atom stereocenters. The van der Waals surface area contributed by atoms with Crippen LogP contribution in [0.2, 0.25) is 0 Å². The second-order valence-electron chi connectivity index (χ2n) is 4.71. The zero-order chi connectivity index (χ0) is 14.0. The molecule has 4 heteroatoms. The number of hydrogen-bond donors (Lipinski definition) is 1. The first-order valence-electron chi connectivity index (χ1n) is 6.21. The lowest BCUT2D eigenvalue weighted by molar-refractivity contribution is 0.543. The Hall–Kier alpha value is -0.710. The lowest BCUT2D eigenvalue weighted by Crippen LogP contribution is -2.19. The number of hydrogen-bond acceptors (Lipinski definition) is 2. The van der Waals surface area contributed by atoms with Crippen LogP contribution in [0, 0.1) is 19.7 Å². The van der Waals surface area contributed by atoms with Crippen molar-refractivity contribution in [2.75, 3.05) is 0 Å². The molecule has 0 aliphatic rings. The second-order valence-corrected chi connectivity index (χ2v) is 7.08. The van der Waals surface area contributed by atoms with Gasteiger partial charge in [-0.3, -0.25) is 0 Å². The van der Waals surface area contributed by atoms with Crippen molar-refractivity contribution in [1.82, 2.24) is 5.32 Å². The van der Waals surface area contributed by atoms with Crippen LogP contribution in [0.25, 0.3) is 0 Å². The Morgan fingerprint density at radius 1 is 1.32 bits per heavy atom. The molecule has 0 bridgehead atoms. The van der Waals surface area contributed by atoms with Crippen molar-refractivity contribution in [2.24, 2.45) is 0 Å². The van der Waals surface area contributed by atoms with Gasteiger partial charge in [-0.2, -0.15) is 0 Å². The van der Waals surface area contributed by atoms with Crippen LogP contribution >= 0.6 is 27.3 Å². The summed E-state index contributed by atoms with van der Waals surface area (Å²) in [6.07, 6.45) is 0. The summed E-state index contributed by atoms with van der Waals surface area (Å²) in [4.78, 5) is 2.64. The van der Waals surface area contributed by atoms with Gasteiger partial charge in [-0.25, -0.2) is 4.39 Å². The van der Waals surface area contributed by atoms with Crippen LogP contribution in [0.5, 0.6) is 0 Å². The van der Waals surface area contributed by atoms with Gasteiger partial charge in [0.25, 0.3) is 0 Å². The number of nitrogens with one attached hydrogen (secondary N) is 1. The Bertz CT molecular complexity index is 580. The van der Waals surface area contributed by atoms with Crippen LogP contribution in [0.15, 0.2) is 28.7 Å². The molecule has 1 atom stereocenters. The summed E-state index contributed by atoms with van der Waals surface area (Å²) in [5, 5.41) is 3.38. The first kappa shape index (κ1) is 14.7. The molecule has 0 amide bonds. The summed E-state index contributed by atoms with van der Waals surface area (Å²) in [6, 6.07) is 7.46. The molecule has 0 aliphatic heterocycles. The van der Waals surface area contributed by atoms with Crippen LogP contribution in [-0.4, -0.2) is 0 Å². The molecule has 0 aliphatic carbocycles. The Morgan fingerprint density at radius 2 is 2.05 bits per heavy atom. The molecule has 0 saturated heterocycles. The highest BCUT2D eigenvalue weighted by molar-refractivity contribution is 9.10. The molecule has 0 radical (unpaired) electrons. The van der Waals surface area contributed by atoms with Crippen LogP contribution in [0.3, 0.4) is 0 Å². The lowest BCUT2D eigenvalue weighted by atomic mass is 10.1. The summed E-state index contributed by atoms with van der Waals surface area (Å²) < 4.78 is 14.6. The molecular weight excluding hydrogens is 325 g/mol. The van der Waals surface area contributed by atoms with Gasteiger partial charge < -0.3 is 5.32 Å². The fraction of sp³-hybridized carbons (Fsp3) is 0.333. The molecule has 0 saturated carbocycles. The van der Waals surface area contributed by atoms with E-state index < -0.39 is 0 Å². The van der Waals surface area contributed by atoms with Crippen molar-refractivity contribution in [3.05, 3.63) is 55.4 Å². The SMILES string of the molecule is Cc1cc(C(C)NCc2cc(Br)ccc2F)c(C)s1. The lowest BCUT2D eigenvalue weighted by Gasteiger charge is -2.14. The maximum Gasteiger partial charge on any atom is 0.127 e. The van der Waals surface area contributed by atoms with E-state index in [1.54, 1.807) is 17.4 Å². The van der Waals surface area contributed by atoms with E-state index in [0.717, 1.165) is 4.47 Å². The minimum atomic E-state index is -0.166. The molecule has 1 N–H and O–H groups in total. The van der Waals surface area contributed by atoms with Crippen molar-refractivity contribution >= 4 is 27.3 Å². The van der Waals surface area contributed by atoms with Gasteiger partial charge in [0, 0.05) is 32.4 Å². The van der Waals surface area contributed by atoms with E-state index in [-0.39, 0.29) is 11.9 Å². The molecule has 1 heterocycles. The molecular formula is C15H17BrFNS. The van der Waals surface area contributed by atoms with E-state index in [0.29, 0.717) is 12.1 Å². The van der Waals surface area contributed by atoms with E-state index in [1.807, 2.05) is 6.07 Å². The van der Waals surface area contributed by atoms with E-state index in [9.17, 15) is 4.39 Å². The monoisotopic (exact) mass is 341 g/mol. The fourth-order valence-corrected chi connectivity index (χ4v) is 3.56. The first-order valence-corrected chi connectivity index (χ1v) is 7.82. The Morgan fingerprint density at radius 3 is 2.68 bits per heavy atom. The summed E-state index contributed by atoms with van der Waals surface area (Å²) in [6.45, 7) is 6.89. The molecule has 0 spiro atoms. The zero-order valence-electron chi connectivity index (χ0n) is 11.3. The highest BCUT2D eigenvalue weighted by Gasteiger charge is 2.11. The third kappa shape index (κ3) is 3.65. The topological polar surface area (TPSA) is 12.0 Å². The Kier molecular flexibility index (Phi) is 4.76. The van der Waals surface area contributed by atoms with E-state index in [2.05, 4.69) is 48.1 Å². The van der Waals surface area contributed by atoms with Crippen LogP contribution in [-0.2, 0) is 6.54 Å². The molecule has 1 nitrogen and oxygen atoms in total. The molecule has 0 fully saturated rings. The maximum atomic E-state index is 13.6. The van der Waals surface area contributed by atoms with Gasteiger partial charge in [-0.15, -0.1) is 11.3 Å². The van der Waals surface area contributed by atoms with Gasteiger partial charge in [0.2, 0.25) is 0 Å². The predicted octanol–water partition coefficient (Wildman–Crippen LogP) is 5.12. The number of rotatable bonds is 4. The van der Waals surface area contributed by atoms with Crippen molar-refractivity contribution in [3.63, 3.8) is 0 Å². The predicted molar refractivity (Wildman–Crippen MR) is 83.1 cm³/mol. The number of halogens is 2. The van der Waals surface area contributed by atoms with E-state index in [1.165, 1.54) is 21.4 Å². The van der Waals surface area contributed by atoms with Crippen molar-refractivity contribution in [2.45, 2.75) is 33.4 Å².